The smallest absolute Gasteiger partial charge is 0.406 e. The third-order valence-corrected chi connectivity index (χ3v) is 6.27. The van der Waals surface area contributed by atoms with Gasteiger partial charge in [0.25, 0.3) is 0 Å². The van der Waals surface area contributed by atoms with Crippen molar-refractivity contribution in [2.24, 2.45) is 0 Å². The van der Waals surface area contributed by atoms with Crippen LogP contribution in [0, 0.1) is 11.3 Å². The van der Waals surface area contributed by atoms with E-state index in [1.807, 2.05) is 6.07 Å². The highest BCUT2D eigenvalue weighted by Crippen LogP contribution is 2.40. The quantitative estimate of drug-likeness (QED) is 0.328. The van der Waals surface area contributed by atoms with Crippen LogP contribution in [0.5, 0.6) is 5.75 Å². The molecule has 2 heterocycles. The number of nitriles is 1. The molecule has 1 saturated heterocycles. The first-order valence-electron chi connectivity index (χ1n) is 11.7. The first kappa shape index (κ1) is 30.7. The van der Waals surface area contributed by atoms with E-state index in [-0.39, 0.29) is 24.5 Å². The topological polar surface area (TPSA) is 78.2 Å². The number of anilines is 1. The molecule has 212 valence electrons. The van der Waals surface area contributed by atoms with E-state index >= 15 is 0 Å². The predicted molar refractivity (Wildman–Crippen MR) is 136 cm³/mol. The molecule has 3 aromatic rings. The first-order valence-corrected chi connectivity index (χ1v) is 11.7. The average Bonchev–Trinajstić information content (AvgIpc) is 3.18. The lowest BCUT2D eigenvalue weighted by Gasteiger charge is -2.29. The number of carbonyl (C=O) groups excluding carboxylic acids is 1. The largest absolute Gasteiger partial charge is 0.573 e. The number of benzene rings is 2. The van der Waals surface area contributed by atoms with Gasteiger partial charge in [-0.25, -0.2) is 4.98 Å². The van der Waals surface area contributed by atoms with E-state index in [1.165, 1.54) is 41.3 Å². The van der Waals surface area contributed by atoms with E-state index in [0.717, 1.165) is 12.1 Å². The van der Waals surface area contributed by atoms with Crippen LogP contribution in [0.4, 0.5) is 32.0 Å². The van der Waals surface area contributed by atoms with E-state index in [4.69, 9.17) is 5.26 Å². The van der Waals surface area contributed by atoms with Crippen LogP contribution in [0.25, 0.3) is 0 Å². The first-order chi connectivity index (χ1) is 18.2. The molecule has 0 saturated carbocycles. The summed E-state index contributed by atoms with van der Waals surface area (Å²) in [5.41, 5.74) is -1.12. The molecule has 1 aliphatic rings. The molecule has 1 N–H and O–H groups in total. The second kappa shape index (κ2) is 11.3. The molecule has 2 atom stereocenters. The maximum Gasteiger partial charge on any atom is 0.573 e. The zero-order valence-electron chi connectivity index (χ0n) is 21.0. The van der Waals surface area contributed by atoms with Crippen molar-refractivity contribution >= 4 is 24.0 Å². The summed E-state index contributed by atoms with van der Waals surface area (Å²) in [4.78, 5) is 18.8. The van der Waals surface area contributed by atoms with Gasteiger partial charge in [-0.3, -0.25) is 10.1 Å². The highest BCUT2D eigenvalue weighted by Gasteiger charge is 2.44. The van der Waals surface area contributed by atoms with Gasteiger partial charge in [0.15, 0.2) is 0 Å². The Morgan fingerprint density at radius 1 is 0.975 bits per heavy atom. The van der Waals surface area contributed by atoms with Gasteiger partial charge < -0.3 is 9.64 Å². The SMILES string of the molecule is CC(C)(N[C@@H]1C[C@H](c2cccc(OC(F)(F)F)c2)N(c2ccc(C#N)cc2)C1=O)c1cccc(C(F)(F)F)n1.Cl. The molecule has 0 bridgehead atoms. The Balaban J connectivity index is 0.00000441. The van der Waals surface area contributed by atoms with Crippen molar-refractivity contribution in [3.8, 4) is 11.8 Å². The second-order valence-electron chi connectivity index (χ2n) is 9.47. The fourth-order valence-corrected chi connectivity index (χ4v) is 4.53. The molecule has 0 unspecified atom stereocenters. The normalized spacial score (nSPS) is 17.8. The summed E-state index contributed by atoms with van der Waals surface area (Å²) in [7, 11) is 0. The Morgan fingerprint density at radius 3 is 2.20 bits per heavy atom. The standard InChI is InChI=1S/C27H22F6N4O2.ClH/c1-25(2,22-7-4-8-23(35-22)26(28,29)30)36-20-14-21(17-5-3-6-19(13-17)39-27(31,32)33)37(24(20)38)18-11-9-16(15-34)10-12-18;/h3-13,20-21,36H,14H2,1-2H3;1H/t20-,21-;/m1./s1. The lowest BCUT2D eigenvalue weighted by Crippen LogP contribution is -2.48. The summed E-state index contributed by atoms with van der Waals surface area (Å²) in [5, 5.41) is 12.2. The molecule has 40 heavy (non-hydrogen) atoms. The van der Waals surface area contributed by atoms with E-state index in [2.05, 4.69) is 15.0 Å². The van der Waals surface area contributed by atoms with Gasteiger partial charge in [0.2, 0.25) is 5.91 Å². The minimum absolute atomic E-state index is 0. The van der Waals surface area contributed by atoms with Crippen molar-refractivity contribution < 1.29 is 35.9 Å². The van der Waals surface area contributed by atoms with Crippen LogP contribution in [0.1, 0.15) is 48.8 Å². The van der Waals surface area contributed by atoms with Crippen molar-refractivity contribution in [1.82, 2.24) is 10.3 Å². The summed E-state index contributed by atoms with van der Waals surface area (Å²) < 4.78 is 82.3. The molecule has 1 fully saturated rings. The van der Waals surface area contributed by atoms with Crippen LogP contribution in [-0.2, 0) is 16.5 Å². The van der Waals surface area contributed by atoms with Gasteiger partial charge in [-0.15, -0.1) is 25.6 Å². The lowest BCUT2D eigenvalue weighted by molar-refractivity contribution is -0.274. The fraction of sp³-hybridized carbons (Fsp3) is 0.296. The third kappa shape index (κ3) is 6.84. The number of halogens is 7. The summed E-state index contributed by atoms with van der Waals surface area (Å²) in [6.45, 7) is 3.17. The van der Waals surface area contributed by atoms with Gasteiger partial charge in [0.05, 0.1) is 34.9 Å². The zero-order chi connectivity index (χ0) is 28.6. The van der Waals surface area contributed by atoms with Gasteiger partial charge in [-0.05, 0) is 74.4 Å². The van der Waals surface area contributed by atoms with Crippen molar-refractivity contribution in [1.29, 1.82) is 5.26 Å². The van der Waals surface area contributed by atoms with Gasteiger partial charge in [-0.1, -0.05) is 18.2 Å². The van der Waals surface area contributed by atoms with Crippen LogP contribution in [0.15, 0.2) is 66.7 Å². The summed E-state index contributed by atoms with van der Waals surface area (Å²) >= 11 is 0. The second-order valence-corrected chi connectivity index (χ2v) is 9.47. The van der Waals surface area contributed by atoms with Gasteiger partial charge in [-0.2, -0.15) is 18.4 Å². The number of rotatable bonds is 6. The molecule has 0 spiro atoms. The number of carbonyl (C=O) groups is 1. The van der Waals surface area contributed by atoms with Crippen LogP contribution < -0.4 is 15.0 Å². The number of ether oxygens (including phenoxy) is 1. The zero-order valence-corrected chi connectivity index (χ0v) is 21.9. The van der Waals surface area contributed by atoms with Gasteiger partial charge >= 0.3 is 12.5 Å². The van der Waals surface area contributed by atoms with Crippen LogP contribution >= 0.6 is 12.4 Å². The molecule has 1 amide bonds. The number of alkyl halides is 6. The van der Waals surface area contributed by atoms with Crippen LogP contribution in [0.2, 0.25) is 0 Å². The molecule has 1 aromatic heterocycles. The summed E-state index contributed by atoms with van der Waals surface area (Å²) in [6, 6.07) is 15.1. The van der Waals surface area contributed by atoms with Crippen LogP contribution in [0.3, 0.4) is 0 Å². The Labute approximate surface area is 232 Å². The molecular formula is C27H23ClF6N4O2. The molecular weight excluding hydrogens is 562 g/mol. The van der Waals surface area contributed by atoms with Crippen molar-refractivity contribution in [2.75, 3.05) is 4.90 Å². The monoisotopic (exact) mass is 584 g/mol. The van der Waals surface area contributed by atoms with Crippen molar-refractivity contribution in [3.05, 3.63) is 89.2 Å². The van der Waals surface area contributed by atoms with E-state index < -0.39 is 47.5 Å². The number of pyridine rings is 1. The van der Waals surface area contributed by atoms with Gasteiger partial charge in [0.1, 0.15) is 11.4 Å². The number of nitrogens with one attached hydrogen (secondary N) is 1. The summed E-state index contributed by atoms with van der Waals surface area (Å²) in [6.07, 6.45) is -9.49. The predicted octanol–water partition coefficient (Wildman–Crippen LogP) is 6.66. The minimum Gasteiger partial charge on any atom is -0.406 e. The third-order valence-electron chi connectivity index (χ3n) is 6.27. The van der Waals surface area contributed by atoms with E-state index in [9.17, 15) is 31.1 Å². The number of aromatic nitrogens is 1. The molecule has 13 heteroatoms. The van der Waals surface area contributed by atoms with Crippen molar-refractivity contribution in [3.63, 3.8) is 0 Å². The molecule has 4 rings (SSSR count). The Morgan fingerprint density at radius 2 is 1.60 bits per heavy atom. The molecule has 6 nitrogen and oxygen atoms in total. The fourth-order valence-electron chi connectivity index (χ4n) is 4.53. The number of hydrogen-bond acceptors (Lipinski definition) is 5. The van der Waals surface area contributed by atoms with Crippen LogP contribution in [-0.4, -0.2) is 23.3 Å². The Bertz CT molecular complexity index is 1400. The Hall–Kier alpha value is -3.82. The number of nitrogens with zero attached hydrogens (tertiary/aromatic N) is 3. The maximum absolute atomic E-state index is 13.7. The average molecular weight is 585 g/mol. The minimum atomic E-state index is -4.91. The molecule has 0 radical (unpaired) electrons. The molecule has 2 aromatic carbocycles. The molecule has 0 aliphatic carbocycles. The number of hydrogen-bond donors (Lipinski definition) is 1. The molecule has 1 aliphatic heterocycles. The van der Waals surface area contributed by atoms with E-state index in [1.54, 1.807) is 32.0 Å². The van der Waals surface area contributed by atoms with Crippen molar-refractivity contribution in [2.45, 2.75) is 50.4 Å². The van der Waals surface area contributed by atoms with E-state index in [0.29, 0.717) is 16.8 Å². The highest BCUT2D eigenvalue weighted by molar-refractivity contribution is 6.00. The number of amides is 1. The van der Waals surface area contributed by atoms with Gasteiger partial charge in [0, 0.05) is 5.69 Å². The summed E-state index contributed by atoms with van der Waals surface area (Å²) in [5.74, 6) is -0.913. The highest BCUT2D eigenvalue weighted by atomic mass is 35.5. The maximum atomic E-state index is 13.7. The lowest BCUT2D eigenvalue weighted by atomic mass is 9.96. The Kier molecular flexibility index (Phi) is 8.71.